The highest BCUT2D eigenvalue weighted by Crippen LogP contribution is 2.21. The van der Waals surface area contributed by atoms with Crippen LogP contribution in [0.2, 0.25) is 0 Å². The summed E-state index contributed by atoms with van der Waals surface area (Å²) in [5.41, 5.74) is 2.25. The Bertz CT molecular complexity index is 416. The maximum atomic E-state index is 4.07. The Labute approximate surface area is 77.6 Å². The van der Waals surface area contributed by atoms with E-state index >= 15 is 0 Å². The van der Waals surface area contributed by atoms with Gasteiger partial charge in [-0.05, 0) is 17.5 Å². The second-order valence-electron chi connectivity index (χ2n) is 3.47. The van der Waals surface area contributed by atoms with Gasteiger partial charge < -0.3 is 0 Å². The number of nitrogens with zero attached hydrogens (tertiary/aromatic N) is 2. The lowest BCUT2D eigenvalue weighted by Crippen LogP contribution is -1.93. The predicted octanol–water partition coefficient (Wildman–Crippen LogP) is 2.75. The molecule has 0 aliphatic heterocycles. The molecule has 0 bridgehead atoms. The molecule has 0 radical (unpaired) electrons. The average Bonchev–Trinajstić information content (AvgIpc) is 2.17. The minimum atomic E-state index is 0.500. The first-order chi connectivity index (χ1) is 6.29. The topological polar surface area (TPSA) is 25.8 Å². The molecule has 0 aliphatic rings. The van der Waals surface area contributed by atoms with Crippen LogP contribution in [0.4, 0.5) is 0 Å². The minimum absolute atomic E-state index is 0.500. The lowest BCUT2D eigenvalue weighted by molar-refractivity contribution is 0.858. The summed E-state index contributed by atoms with van der Waals surface area (Å²) in [6, 6.07) is 8.12. The SMILES string of the molecule is CC(C)c1cnnc2ccccc12. The fourth-order valence-electron chi connectivity index (χ4n) is 1.49. The van der Waals surface area contributed by atoms with Gasteiger partial charge in [0.15, 0.2) is 0 Å². The van der Waals surface area contributed by atoms with E-state index in [-0.39, 0.29) is 0 Å². The Balaban J connectivity index is 2.76. The van der Waals surface area contributed by atoms with E-state index in [0.717, 1.165) is 5.52 Å². The Morgan fingerprint density at radius 3 is 2.69 bits per heavy atom. The van der Waals surface area contributed by atoms with Crippen molar-refractivity contribution < 1.29 is 0 Å². The van der Waals surface area contributed by atoms with Crippen molar-refractivity contribution in [2.45, 2.75) is 19.8 Å². The molecule has 66 valence electrons. The van der Waals surface area contributed by atoms with Gasteiger partial charge in [-0.3, -0.25) is 0 Å². The molecule has 2 aromatic rings. The molecule has 13 heavy (non-hydrogen) atoms. The maximum absolute atomic E-state index is 4.07. The van der Waals surface area contributed by atoms with E-state index in [1.807, 2.05) is 24.4 Å². The van der Waals surface area contributed by atoms with Gasteiger partial charge in [-0.15, -0.1) is 0 Å². The van der Waals surface area contributed by atoms with Crippen molar-refractivity contribution in [1.29, 1.82) is 0 Å². The van der Waals surface area contributed by atoms with Crippen LogP contribution in [0.5, 0.6) is 0 Å². The maximum Gasteiger partial charge on any atom is 0.0932 e. The molecule has 0 fully saturated rings. The Hall–Kier alpha value is -1.44. The third kappa shape index (κ3) is 1.39. The zero-order valence-corrected chi connectivity index (χ0v) is 7.86. The molecular weight excluding hydrogens is 160 g/mol. The second kappa shape index (κ2) is 3.13. The molecule has 0 saturated carbocycles. The van der Waals surface area contributed by atoms with Crippen LogP contribution in [0.1, 0.15) is 25.3 Å². The smallest absolute Gasteiger partial charge is 0.0932 e. The van der Waals surface area contributed by atoms with E-state index in [9.17, 15) is 0 Å². The lowest BCUT2D eigenvalue weighted by Gasteiger charge is -2.07. The molecule has 0 aliphatic carbocycles. The van der Waals surface area contributed by atoms with Crippen LogP contribution in [-0.4, -0.2) is 10.2 Å². The van der Waals surface area contributed by atoms with Crippen LogP contribution in [0.25, 0.3) is 10.9 Å². The van der Waals surface area contributed by atoms with Gasteiger partial charge in [0, 0.05) is 5.39 Å². The van der Waals surface area contributed by atoms with E-state index in [2.05, 4.69) is 30.1 Å². The van der Waals surface area contributed by atoms with Crippen molar-refractivity contribution in [2.24, 2.45) is 0 Å². The summed E-state index contributed by atoms with van der Waals surface area (Å²) in [4.78, 5) is 0. The number of rotatable bonds is 1. The van der Waals surface area contributed by atoms with E-state index in [1.165, 1.54) is 10.9 Å². The summed E-state index contributed by atoms with van der Waals surface area (Å²) >= 11 is 0. The first-order valence-corrected chi connectivity index (χ1v) is 4.49. The van der Waals surface area contributed by atoms with Crippen molar-refractivity contribution in [1.82, 2.24) is 10.2 Å². The zero-order chi connectivity index (χ0) is 9.26. The van der Waals surface area contributed by atoms with E-state index in [1.54, 1.807) is 0 Å². The summed E-state index contributed by atoms with van der Waals surface area (Å²) in [5.74, 6) is 0.500. The predicted molar refractivity (Wildman–Crippen MR) is 53.6 cm³/mol. The number of aromatic nitrogens is 2. The summed E-state index contributed by atoms with van der Waals surface area (Å²) in [6.45, 7) is 4.34. The van der Waals surface area contributed by atoms with Crippen molar-refractivity contribution in [2.75, 3.05) is 0 Å². The fourth-order valence-corrected chi connectivity index (χ4v) is 1.49. The largest absolute Gasteiger partial charge is 0.158 e. The quantitative estimate of drug-likeness (QED) is 0.661. The van der Waals surface area contributed by atoms with Crippen molar-refractivity contribution in [3.05, 3.63) is 36.0 Å². The lowest BCUT2D eigenvalue weighted by atomic mass is 10.0. The molecule has 0 N–H and O–H groups in total. The van der Waals surface area contributed by atoms with E-state index < -0.39 is 0 Å². The summed E-state index contributed by atoms with van der Waals surface area (Å²) < 4.78 is 0. The Morgan fingerprint density at radius 2 is 1.92 bits per heavy atom. The highest BCUT2D eigenvalue weighted by Gasteiger charge is 2.04. The number of hydrogen-bond donors (Lipinski definition) is 0. The molecule has 0 saturated heterocycles. The standard InChI is InChI=1S/C11H12N2/c1-8(2)10-7-12-13-11-6-4-3-5-9(10)11/h3-8H,1-2H3. The molecule has 2 heteroatoms. The molecule has 1 heterocycles. The van der Waals surface area contributed by atoms with Crippen LogP contribution in [0.3, 0.4) is 0 Å². The number of fused-ring (bicyclic) bond motifs is 1. The number of benzene rings is 1. The van der Waals surface area contributed by atoms with Crippen LogP contribution >= 0.6 is 0 Å². The van der Waals surface area contributed by atoms with Crippen LogP contribution in [-0.2, 0) is 0 Å². The summed E-state index contributed by atoms with van der Waals surface area (Å²) in [5, 5.41) is 9.27. The number of hydrogen-bond acceptors (Lipinski definition) is 2. The molecule has 0 atom stereocenters. The van der Waals surface area contributed by atoms with Crippen LogP contribution < -0.4 is 0 Å². The molecule has 1 aromatic heterocycles. The van der Waals surface area contributed by atoms with E-state index in [4.69, 9.17) is 0 Å². The van der Waals surface area contributed by atoms with Gasteiger partial charge in [0.1, 0.15) is 0 Å². The molecule has 0 spiro atoms. The molecule has 1 aromatic carbocycles. The summed E-state index contributed by atoms with van der Waals surface area (Å²) in [7, 11) is 0. The summed E-state index contributed by atoms with van der Waals surface area (Å²) in [6.07, 6.45) is 1.85. The van der Waals surface area contributed by atoms with Crippen molar-refractivity contribution >= 4 is 10.9 Å². The van der Waals surface area contributed by atoms with Gasteiger partial charge in [-0.2, -0.15) is 10.2 Å². The van der Waals surface area contributed by atoms with Gasteiger partial charge >= 0.3 is 0 Å². The van der Waals surface area contributed by atoms with Crippen molar-refractivity contribution in [3.63, 3.8) is 0 Å². The van der Waals surface area contributed by atoms with Crippen LogP contribution in [0, 0.1) is 0 Å². The third-order valence-electron chi connectivity index (χ3n) is 2.20. The van der Waals surface area contributed by atoms with E-state index in [0.29, 0.717) is 5.92 Å². The fraction of sp³-hybridized carbons (Fsp3) is 0.273. The van der Waals surface area contributed by atoms with Gasteiger partial charge in [0.05, 0.1) is 11.7 Å². The first-order valence-electron chi connectivity index (χ1n) is 4.49. The first kappa shape index (κ1) is 8.17. The van der Waals surface area contributed by atoms with Gasteiger partial charge in [0.2, 0.25) is 0 Å². The molecular formula is C11H12N2. The Morgan fingerprint density at radius 1 is 1.15 bits per heavy atom. The highest BCUT2D eigenvalue weighted by molar-refractivity contribution is 5.81. The zero-order valence-electron chi connectivity index (χ0n) is 7.86. The van der Waals surface area contributed by atoms with Crippen molar-refractivity contribution in [3.8, 4) is 0 Å². The molecule has 0 amide bonds. The molecule has 2 nitrogen and oxygen atoms in total. The third-order valence-corrected chi connectivity index (χ3v) is 2.20. The average molecular weight is 172 g/mol. The van der Waals surface area contributed by atoms with Gasteiger partial charge in [0.25, 0.3) is 0 Å². The van der Waals surface area contributed by atoms with Gasteiger partial charge in [-0.1, -0.05) is 32.0 Å². The highest BCUT2D eigenvalue weighted by atomic mass is 15.1. The molecule has 0 unspecified atom stereocenters. The minimum Gasteiger partial charge on any atom is -0.158 e. The second-order valence-corrected chi connectivity index (χ2v) is 3.47. The van der Waals surface area contributed by atoms with Gasteiger partial charge in [-0.25, -0.2) is 0 Å². The Kier molecular flexibility index (Phi) is 1.97. The molecule has 2 rings (SSSR count). The van der Waals surface area contributed by atoms with Crippen LogP contribution in [0.15, 0.2) is 30.5 Å². The monoisotopic (exact) mass is 172 g/mol. The normalized spacial score (nSPS) is 11.0.